The van der Waals surface area contributed by atoms with Gasteiger partial charge in [0, 0.05) is 13.1 Å². The van der Waals surface area contributed by atoms with E-state index in [2.05, 4.69) is 49.3 Å². The Labute approximate surface area is 122 Å². The number of aromatic amines is 1. The molecule has 6 nitrogen and oxygen atoms in total. The number of benzene rings is 1. The smallest absolute Gasteiger partial charge is 0.224 e. The van der Waals surface area contributed by atoms with Crippen molar-refractivity contribution in [2.24, 2.45) is 0 Å². The van der Waals surface area contributed by atoms with Crippen molar-refractivity contribution in [2.75, 3.05) is 17.2 Å². The van der Waals surface area contributed by atoms with Crippen LogP contribution in [-0.4, -0.2) is 26.7 Å². The van der Waals surface area contributed by atoms with Gasteiger partial charge in [0.15, 0.2) is 5.65 Å². The molecule has 21 heavy (non-hydrogen) atoms. The number of hydrogen-bond acceptors (Lipinski definition) is 5. The van der Waals surface area contributed by atoms with E-state index in [4.69, 9.17) is 5.73 Å². The zero-order chi connectivity index (χ0) is 14.2. The van der Waals surface area contributed by atoms with Crippen LogP contribution >= 0.6 is 0 Å². The summed E-state index contributed by atoms with van der Waals surface area (Å²) in [5, 5.41) is 7.84. The minimum Gasteiger partial charge on any atom is -0.368 e. The Morgan fingerprint density at radius 1 is 1.14 bits per heavy atom. The van der Waals surface area contributed by atoms with Gasteiger partial charge in [-0.2, -0.15) is 15.1 Å². The molecule has 1 aliphatic heterocycles. The Bertz CT molecular complexity index is 794. The normalized spacial score (nSPS) is 15.0. The first-order chi connectivity index (χ1) is 10.3. The van der Waals surface area contributed by atoms with Crippen molar-refractivity contribution in [3.8, 4) is 0 Å². The molecule has 0 saturated carbocycles. The molecule has 0 aliphatic carbocycles. The van der Waals surface area contributed by atoms with Gasteiger partial charge in [0.1, 0.15) is 5.82 Å². The molecule has 0 radical (unpaired) electrons. The van der Waals surface area contributed by atoms with Crippen molar-refractivity contribution in [1.29, 1.82) is 0 Å². The fraction of sp³-hybridized carbons (Fsp3) is 0.267. The molecule has 3 heterocycles. The molecule has 1 aliphatic rings. The second-order valence-corrected chi connectivity index (χ2v) is 5.33. The van der Waals surface area contributed by atoms with E-state index >= 15 is 0 Å². The Kier molecular flexibility index (Phi) is 2.73. The van der Waals surface area contributed by atoms with Gasteiger partial charge < -0.3 is 10.6 Å². The van der Waals surface area contributed by atoms with Crippen LogP contribution in [0.2, 0.25) is 0 Å². The van der Waals surface area contributed by atoms with Crippen LogP contribution in [0, 0.1) is 0 Å². The Hall–Kier alpha value is -2.63. The first-order valence-electron chi connectivity index (χ1n) is 7.09. The predicted molar refractivity (Wildman–Crippen MR) is 81.9 cm³/mol. The third-order valence-electron chi connectivity index (χ3n) is 3.96. The van der Waals surface area contributed by atoms with Crippen molar-refractivity contribution in [1.82, 2.24) is 20.2 Å². The number of anilines is 2. The predicted octanol–water partition coefficient (Wildman–Crippen LogP) is 1.89. The lowest BCUT2D eigenvalue weighted by Gasteiger charge is -2.22. The van der Waals surface area contributed by atoms with Gasteiger partial charge in [-0.1, -0.05) is 24.3 Å². The molecule has 106 valence electrons. The first kappa shape index (κ1) is 12.1. The van der Waals surface area contributed by atoms with Crippen molar-refractivity contribution in [3.05, 3.63) is 41.6 Å². The van der Waals surface area contributed by atoms with Crippen LogP contribution < -0.4 is 10.6 Å². The van der Waals surface area contributed by atoms with Crippen LogP contribution in [0.15, 0.2) is 30.5 Å². The summed E-state index contributed by atoms with van der Waals surface area (Å²) in [5.74, 6) is 1.14. The summed E-state index contributed by atoms with van der Waals surface area (Å²) in [5.41, 5.74) is 9.29. The number of fused-ring (bicyclic) bond motifs is 2. The molecular formula is C15H16N6. The molecule has 0 amide bonds. The summed E-state index contributed by atoms with van der Waals surface area (Å²) in [6, 6.07) is 8.58. The monoisotopic (exact) mass is 280 g/mol. The third kappa shape index (κ3) is 2.08. The second-order valence-electron chi connectivity index (χ2n) is 5.33. The van der Waals surface area contributed by atoms with E-state index in [0.29, 0.717) is 5.65 Å². The lowest BCUT2D eigenvalue weighted by atomic mass is 10.0. The van der Waals surface area contributed by atoms with Crippen LogP contribution in [0.25, 0.3) is 11.0 Å². The second kappa shape index (κ2) is 4.73. The molecule has 4 rings (SSSR count). The number of hydrogen-bond donors (Lipinski definition) is 2. The summed E-state index contributed by atoms with van der Waals surface area (Å²) < 4.78 is 0. The van der Waals surface area contributed by atoms with Gasteiger partial charge in [-0.3, -0.25) is 5.10 Å². The van der Waals surface area contributed by atoms with Crippen LogP contribution in [0.5, 0.6) is 0 Å². The molecule has 3 aromatic rings. The van der Waals surface area contributed by atoms with E-state index in [9.17, 15) is 0 Å². The largest absolute Gasteiger partial charge is 0.368 e. The first-order valence-corrected chi connectivity index (χ1v) is 7.09. The number of aromatic nitrogens is 4. The highest BCUT2D eigenvalue weighted by atomic mass is 15.2. The highest BCUT2D eigenvalue weighted by Crippen LogP contribution is 2.27. The lowest BCUT2D eigenvalue weighted by Crippen LogP contribution is -2.24. The van der Waals surface area contributed by atoms with Crippen LogP contribution in [0.3, 0.4) is 0 Å². The minimum absolute atomic E-state index is 0.277. The molecule has 2 aromatic heterocycles. The summed E-state index contributed by atoms with van der Waals surface area (Å²) in [6.45, 7) is 1.79. The minimum atomic E-state index is 0.277. The van der Waals surface area contributed by atoms with E-state index in [-0.39, 0.29) is 5.95 Å². The van der Waals surface area contributed by atoms with E-state index in [0.717, 1.165) is 37.1 Å². The molecule has 0 unspecified atom stereocenters. The highest BCUT2D eigenvalue weighted by Gasteiger charge is 2.19. The van der Waals surface area contributed by atoms with Crippen LogP contribution in [0.4, 0.5) is 11.8 Å². The van der Waals surface area contributed by atoms with E-state index < -0.39 is 0 Å². The molecule has 0 saturated heterocycles. The summed E-state index contributed by atoms with van der Waals surface area (Å²) >= 11 is 0. The number of H-pyrrole nitrogens is 1. The maximum Gasteiger partial charge on any atom is 0.224 e. The Morgan fingerprint density at radius 2 is 2.00 bits per heavy atom. The summed E-state index contributed by atoms with van der Waals surface area (Å²) in [6.07, 6.45) is 3.96. The van der Waals surface area contributed by atoms with Gasteiger partial charge in [-0.25, -0.2) is 0 Å². The molecule has 1 aromatic carbocycles. The zero-order valence-electron chi connectivity index (χ0n) is 11.6. The molecule has 0 atom stereocenters. The van der Waals surface area contributed by atoms with Crippen LogP contribution in [0.1, 0.15) is 17.5 Å². The molecule has 0 spiro atoms. The topological polar surface area (TPSA) is 83.7 Å². The maximum absolute atomic E-state index is 5.83. The van der Waals surface area contributed by atoms with Gasteiger partial charge in [0.25, 0.3) is 0 Å². The van der Waals surface area contributed by atoms with Crippen molar-refractivity contribution < 1.29 is 0 Å². The number of rotatable bonds is 1. The Morgan fingerprint density at radius 3 is 2.90 bits per heavy atom. The Balaban J connectivity index is 1.80. The maximum atomic E-state index is 5.83. The standard InChI is InChI=1S/C15H16N6/c16-15-18-13-12(8-17-20-13)14(19-15)21-7-3-6-10-4-1-2-5-11(10)9-21/h1-2,4-5,8H,3,6-7,9H2,(H3,16,17,18,19,20). The zero-order valence-corrected chi connectivity index (χ0v) is 11.6. The third-order valence-corrected chi connectivity index (χ3v) is 3.96. The summed E-state index contributed by atoms with van der Waals surface area (Å²) in [4.78, 5) is 10.9. The lowest BCUT2D eigenvalue weighted by molar-refractivity contribution is 0.757. The van der Waals surface area contributed by atoms with Gasteiger partial charge in [-0.05, 0) is 24.0 Å². The number of nitrogen functional groups attached to an aromatic ring is 1. The molecule has 3 N–H and O–H groups in total. The average Bonchev–Trinajstić information content (AvgIpc) is 2.84. The quantitative estimate of drug-likeness (QED) is 0.711. The number of nitrogens with two attached hydrogens (primary N) is 1. The number of nitrogens with zero attached hydrogens (tertiary/aromatic N) is 4. The molecule has 0 fully saturated rings. The van der Waals surface area contributed by atoms with Crippen molar-refractivity contribution in [3.63, 3.8) is 0 Å². The van der Waals surface area contributed by atoms with Gasteiger partial charge in [0.2, 0.25) is 5.95 Å². The van der Waals surface area contributed by atoms with Gasteiger partial charge >= 0.3 is 0 Å². The molecule has 6 heteroatoms. The fourth-order valence-electron chi connectivity index (χ4n) is 2.96. The van der Waals surface area contributed by atoms with Crippen LogP contribution in [-0.2, 0) is 13.0 Å². The number of aryl methyl sites for hydroxylation is 1. The molecule has 0 bridgehead atoms. The number of nitrogens with one attached hydrogen (secondary N) is 1. The summed E-state index contributed by atoms with van der Waals surface area (Å²) in [7, 11) is 0. The fourth-order valence-corrected chi connectivity index (χ4v) is 2.96. The van der Waals surface area contributed by atoms with Crippen molar-refractivity contribution in [2.45, 2.75) is 19.4 Å². The van der Waals surface area contributed by atoms with E-state index in [1.165, 1.54) is 11.1 Å². The van der Waals surface area contributed by atoms with Crippen molar-refractivity contribution >= 4 is 22.8 Å². The average molecular weight is 280 g/mol. The SMILES string of the molecule is Nc1nc(N2CCCc3ccccc3C2)c2cn[nH]c2n1. The molecular weight excluding hydrogens is 264 g/mol. The van der Waals surface area contributed by atoms with Gasteiger partial charge in [-0.15, -0.1) is 0 Å². The van der Waals surface area contributed by atoms with E-state index in [1.54, 1.807) is 6.20 Å². The van der Waals surface area contributed by atoms with E-state index in [1.807, 2.05) is 0 Å². The van der Waals surface area contributed by atoms with Gasteiger partial charge in [0.05, 0.1) is 11.6 Å². The highest BCUT2D eigenvalue weighted by molar-refractivity contribution is 5.87.